The van der Waals surface area contributed by atoms with Crippen LogP contribution in [0.25, 0.3) is 22.8 Å². The first-order chi connectivity index (χ1) is 9.36. The van der Waals surface area contributed by atoms with Crippen LogP contribution in [-0.4, -0.2) is 17.0 Å². The normalized spacial score (nSPS) is 10.4. The van der Waals surface area contributed by atoms with Gasteiger partial charge in [-0.3, -0.25) is 0 Å². The number of nitrogens with zero attached hydrogens (tertiary/aromatic N) is 2. The van der Waals surface area contributed by atoms with Gasteiger partial charge in [-0.05, 0) is 12.1 Å². The van der Waals surface area contributed by atoms with E-state index in [9.17, 15) is 0 Å². The maximum absolute atomic E-state index is 5.39. The number of anilines is 1. The molecule has 0 saturated heterocycles. The van der Waals surface area contributed by atoms with Gasteiger partial charge < -0.3 is 9.73 Å². The molecule has 2 aromatic heterocycles. The van der Waals surface area contributed by atoms with Crippen LogP contribution in [0, 0.1) is 0 Å². The second-order valence-corrected chi connectivity index (χ2v) is 4.06. The lowest BCUT2D eigenvalue weighted by molar-refractivity contribution is 0.580. The average molecular weight is 251 g/mol. The van der Waals surface area contributed by atoms with Gasteiger partial charge >= 0.3 is 0 Å². The molecule has 3 aromatic rings. The van der Waals surface area contributed by atoms with E-state index >= 15 is 0 Å². The van der Waals surface area contributed by atoms with Crippen LogP contribution in [0.2, 0.25) is 0 Å². The maximum atomic E-state index is 5.39. The van der Waals surface area contributed by atoms with E-state index in [4.69, 9.17) is 4.42 Å². The summed E-state index contributed by atoms with van der Waals surface area (Å²) < 4.78 is 5.39. The van der Waals surface area contributed by atoms with Gasteiger partial charge in [0.15, 0.2) is 11.6 Å². The van der Waals surface area contributed by atoms with Crippen molar-refractivity contribution >= 4 is 5.82 Å². The molecule has 0 bridgehead atoms. The van der Waals surface area contributed by atoms with Crippen LogP contribution in [0.3, 0.4) is 0 Å². The predicted octanol–water partition coefficient (Wildman–Crippen LogP) is 3.45. The zero-order valence-electron chi connectivity index (χ0n) is 10.5. The van der Waals surface area contributed by atoms with Gasteiger partial charge in [0.25, 0.3) is 0 Å². The SMILES string of the molecule is CNc1cc(-c2ccco2)nc(-c2ccccc2)n1. The van der Waals surface area contributed by atoms with Gasteiger partial charge in [-0.25, -0.2) is 9.97 Å². The summed E-state index contributed by atoms with van der Waals surface area (Å²) in [5.74, 6) is 2.18. The van der Waals surface area contributed by atoms with Gasteiger partial charge in [0.05, 0.1) is 6.26 Å². The predicted molar refractivity (Wildman–Crippen MR) is 74.7 cm³/mol. The first-order valence-corrected chi connectivity index (χ1v) is 6.03. The van der Waals surface area contributed by atoms with Crippen LogP contribution in [0.5, 0.6) is 0 Å². The minimum Gasteiger partial charge on any atom is -0.463 e. The van der Waals surface area contributed by atoms with Crippen molar-refractivity contribution in [3.63, 3.8) is 0 Å². The van der Waals surface area contributed by atoms with Crippen molar-refractivity contribution in [3.05, 3.63) is 54.8 Å². The second kappa shape index (κ2) is 4.94. The Kier molecular flexibility index (Phi) is 2.98. The Balaban J connectivity index is 2.13. The summed E-state index contributed by atoms with van der Waals surface area (Å²) in [7, 11) is 1.84. The molecule has 0 aliphatic rings. The fraction of sp³-hybridized carbons (Fsp3) is 0.0667. The third-order valence-electron chi connectivity index (χ3n) is 2.79. The highest BCUT2D eigenvalue weighted by Gasteiger charge is 2.09. The van der Waals surface area contributed by atoms with Crippen molar-refractivity contribution in [2.45, 2.75) is 0 Å². The second-order valence-electron chi connectivity index (χ2n) is 4.06. The highest BCUT2D eigenvalue weighted by atomic mass is 16.3. The molecular weight excluding hydrogens is 238 g/mol. The van der Waals surface area contributed by atoms with Crippen molar-refractivity contribution in [1.29, 1.82) is 0 Å². The lowest BCUT2D eigenvalue weighted by atomic mass is 10.2. The Morgan fingerprint density at radius 2 is 1.84 bits per heavy atom. The monoisotopic (exact) mass is 251 g/mol. The van der Waals surface area contributed by atoms with E-state index in [-0.39, 0.29) is 0 Å². The van der Waals surface area contributed by atoms with Crippen LogP contribution in [-0.2, 0) is 0 Å². The molecule has 0 amide bonds. The van der Waals surface area contributed by atoms with Crippen molar-refractivity contribution in [1.82, 2.24) is 9.97 Å². The van der Waals surface area contributed by atoms with Gasteiger partial charge in [-0.1, -0.05) is 30.3 Å². The highest BCUT2D eigenvalue weighted by molar-refractivity contribution is 5.64. The first kappa shape index (κ1) is 11.5. The number of aromatic nitrogens is 2. The molecular formula is C15H13N3O. The quantitative estimate of drug-likeness (QED) is 0.774. The van der Waals surface area contributed by atoms with Crippen molar-refractivity contribution < 1.29 is 4.42 Å². The summed E-state index contributed by atoms with van der Waals surface area (Å²) in [6.45, 7) is 0. The van der Waals surface area contributed by atoms with E-state index in [1.165, 1.54) is 0 Å². The Hall–Kier alpha value is -2.62. The molecule has 0 radical (unpaired) electrons. The van der Waals surface area contributed by atoms with Crippen LogP contribution < -0.4 is 5.32 Å². The molecule has 0 atom stereocenters. The number of benzene rings is 1. The molecule has 19 heavy (non-hydrogen) atoms. The molecule has 1 aromatic carbocycles. The standard InChI is InChI=1S/C15H13N3O/c1-16-14-10-12(13-8-5-9-19-13)17-15(18-14)11-6-3-2-4-7-11/h2-10H,1H3,(H,16,17,18). The lowest BCUT2D eigenvalue weighted by Crippen LogP contribution is -1.98. The zero-order valence-corrected chi connectivity index (χ0v) is 10.5. The van der Waals surface area contributed by atoms with Gasteiger partial charge in [0, 0.05) is 18.7 Å². The number of nitrogens with one attached hydrogen (secondary N) is 1. The molecule has 3 rings (SSSR count). The number of furan rings is 1. The Bertz CT molecular complexity index is 663. The Morgan fingerprint density at radius 3 is 2.53 bits per heavy atom. The number of hydrogen-bond donors (Lipinski definition) is 1. The van der Waals surface area contributed by atoms with E-state index in [1.54, 1.807) is 6.26 Å². The fourth-order valence-electron chi connectivity index (χ4n) is 1.84. The largest absolute Gasteiger partial charge is 0.463 e. The van der Waals surface area contributed by atoms with Gasteiger partial charge in [-0.2, -0.15) is 0 Å². The number of rotatable bonds is 3. The van der Waals surface area contributed by atoms with Gasteiger partial charge in [0.1, 0.15) is 11.5 Å². The third kappa shape index (κ3) is 2.33. The van der Waals surface area contributed by atoms with Crippen LogP contribution in [0.1, 0.15) is 0 Å². The summed E-state index contributed by atoms with van der Waals surface area (Å²) in [4.78, 5) is 9.02. The van der Waals surface area contributed by atoms with E-state index in [1.807, 2.05) is 55.6 Å². The minimum absolute atomic E-state index is 0.679. The average Bonchev–Trinajstić information content (AvgIpc) is 3.02. The van der Waals surface area contributed by atoms with Crippen LogP contribution in [0.15, 0.2) is 59.2 Å². The van der Waals surface area contributed by atoms with Crippen LogP contribution in [0.4, 0.5) is 5.82 Å². The van der Waals surface area contributed by atoms with Crippen molar-refractivity contribution in [2.75, 3.05) is 12.4 Å². The summed E-state index contributed by atoms with van der Waals surface area (Å²) in [6.07, 6.45) is 1.64. The molecule has 94 valence electrons. The molecule has 1 N–H and O–H groups in total. The number of hydrogen-bond acceptors (Lipinski definition) is 4. The summed E-state index contributed by atoms with van der Waals surface area (Å²) >= 11 is 0. The summed E-state index contributed by atoms with van der Waals surface area (Å²) in [5.41, 5.74) is 1.75. The van der Waals surface area contributed by atoms with Gasteiger partial charge in [-0.15, -0.1) is 0 Å². The fourth-order valence-corrected chi connectivity index (χ4v) is 1.84. The van der Waals surface area contributed by atoms with Gasteiger partial charge in [0.2, 0.25) is 0 Å². The zero-order chi connectivity index (χ0) is 13.1. The summed E-state index contributed by atoms with van der Waals surface area (Å²) in [5, 5.41) is 3.05. The van der Waals surface area contributed by atoms with E-state index in [0.717, 1.165) is 22.8 Å². The first-order valence-electron chi connectivity index (χ1n) is 6.03. The summed E-state index contributed by atoms with van der Waals surface area (Å²) in [6, 6.07) is 15.5. The minimum atomic E-state index is 0.679. The van der Waals surface area contributed by atoms with E-state index < -0.39 is 0 Å². The smallest absolute Gasteiger partial charge is 0.162 e. The van der Waals surface area contributed by atoms with Crippen molar-refractivity contribution in [3.8, 4) is 22.8 Å². The van der Waals surface area contributed by atoms with Crippen LogP contribution >= 0.6 is 0 Å². The third-order valence-corrected chi connectivity index (χ3v) is 2.79. The topological polar surface area (TPSA) is 51.0 Å². The Labute approximate surface area is 111 Å². The van der Waals surface area contributed by atoms with E-state index in [0.29, 0.717) is 5.82 Å². The molecule has 0 aliphatic heterocycles. The highest BCUT2D eigenvalue weighted by Crippen LogP contribution is 2.24. The van der Waals surface area contributed by atoms with Crippen molar-refractivity contribution in [2.24, 2.45) is 0 Å². The molecule has 0 saturated carbocycles. The molecule has 2 heterocycles. The molecule has 0 aliphatic carbocycles. The maximum Gasteiger partial charge on any atom is 0.162 e. The Morgan fingerprint density at radius 1 is 1.00 bits per heavy atom. The van der Waals surface area contributed by atoms with E-state index in [2.05, 4.69) is 15.3 Å². The molecule has 0 fully saturated rings. The molecule has 4 heteroatoms. The molecule has 0 spiro atoms. The lowest BCUT2D eigenvalue weighted by Gasteiger charge is -2.06. The molecule has 0 unspecified atom stereocenters. The molecule has 4 nitrogen and oxygen atoms in total.